The van der Waals surface area contributed by atoms with Crippen molar-refractivity contribution in [2.75, 3.05) is 19.0 Å². The highest BCUT2D eigenvalue weighted by Crippen LogP contribution is 2.32. The van der Waals surface area contributed by atoms with E-state index in [9.17, 15) is 9.90 Å². The molecule has 1 unspecified atom stereocenters. The third-order valence-electron chi connectivity index (χ3n) is 3.76. The van der Waals surface area contributed by atoms with Crippen LogP contribution in [0.5, 0.6) is 11.5 Å². The van der Waals surface area contributed by atoms with Gasteiger partial charge in [-0.05, 0) is 37.8 Å². The molecule has 4 nitrogen and oxygen atoms in total. The number of likely N-dealkylation sites (tertiary alicyclic amines) is 1. The zero-order chi connectivity index (χ0) is 14.5. The molecule has 1 atom stereocenters. The number of carbonyl (C=O) groups is 1. The molecule has 1 saturated heterocycles. The van der Waals surface area contributed by atoms with Crippen molar-refractivity contribution >= 4 is 21.8 Å². The van der Waals surface area contributed by atoms with Crippen LogP contribution in [0.4, 0.5) is 0 Å². The zero-order valence-electron chi connectivity index (χ0n) is 11.6. The number of amides is 1. The first-order valence-electron chi connectivity index (χ1n) is 6.92. The van der Waals surface area contributed by atoms with Crippen LogP contribution in [0.15, 0.2) is 18.2 Å². The standard InChI is InChI=1S/C15H20BrNO3/c1-20-13-8-2-7-12(14(13)18)15(19)17-10-4-6-11(17)5-3-9-16/h2,7-8,11,18H,3-6,9-10H2,1H3. The van der Waals surface area contributed by atoms with E-state index in [1.54, 1.807) is 18.2 Å². The van der Waals surface area contributed by atoms with Crippen LogP contribution >= 0.6 is 15.9 Å². The van der Waals surface area contributed by atoms with E-state index < -0.39 is 0 Å². The van der Waals surface area contributed by atoms with Crippen molar-refractivity contribution in [3.63, 3.8) is 0 Å². The number of aromatic hydroxyl groups is 1. The van der Waals surface area contributed by atoms with E-state index in [4.69, 9.17) is 4.74 Å². The molecule has 1 heterocycles. The van der Waals surface area contributed by atoms with Crippen molar-refractivity contribution in [2.45, 2.75) is 31.7 Å². The number of phenolic OH excluding ortho intramolecular Hbond substituents is 1. The van der Waals surface area contributed by atoms with Crippen molar-refractivity contribution in [1.29, 1.82) is 0 Å². The number of phenols is 1. The summed E-state index contributed by atoms with van der Waals surface area (Å²) in [6.07, 6.45) is 4.13. The van der Waals surface area contributed by atoms with Crippen molar-refractivity contribution in [3.8, 4) is 11.5 Å². The largest absolute Gasteiger partial charge is 0.504 e. The fourth-order valence-electron chi connectivity index (χ4n) is 2.73. The highest BCUT2D eigenvalue weighted by atomic mass is 79.9. The van der Waals surface area contributed by atoms with Crippen LogP contribution in [0.25, 0.3) is 0 Å². The van der Waals surface area contributed by atoms with Crippen LogP contribution in [0.1, 0.15) is 36.0 Å². The van der Waals surface area contributed by atoms with Gasteiger partial charge in [-0.1, -0.05) is 22.0 Å². The second kappa shape index (κ2) is 6.97. The van der Waals surface area contributed by atoms with E-state index in [1.807, 2.05) is 4.90 Å². The van der Waals surface area contributed by atoms with E-state index in [2.05, 4.69) is 15.9 Å². The van der Waals surface area contributed by atoms with Gasteiger partial charge in [0.1, 0.15) is 0 Å². The maximum Gasteiger partial charge on any atom is 0.258 e. The fourth-order valence-corrected chi connectivity index (χ4v) is 3.05. The lowest BCUT2D eigenvalue weighted by atomic mass is 10.1. The number of nitrogens with zero attached hydrogens (tertiary/aromatic N) is 1. The minimum Gasteiger partial charge on any atom is -0.504 e. The summed E-state index contributed by atoms with van der Waals surface area (Å²) in [6, 6.07) is 5.32. The van der Waals surface area contributed by atoms with Crippen molar-refractivity contribution in [3.05, 3.63) is 23.8 Å². The predicted molar refractivity (Wildman–Crippen MR) is 81.7 cm³/mol. The van der Waals surface area contributed by atoms with Crippen LogP contribution in [0.2, 0.25) is 0 Å². The molecule has 1 fully saturated rings. The number of para-hydroxylation sites is 1. The van der Waals surface area contributed by atoms with Crippen molar-refractivity contribution in [2.24, 2.45) is 0 Å². The Kier molecular flexibility index (Phi) is 5.29. The van der Waals surface area contributed by atoms with Gasteiger partial charge in [0.25, 0.3) is 5.91 Å². The first-order chi connectivity index (χ1) is 9.69. The molecule has 1 aliphatic rings. The second-order valence-corrected chi connectivity index (χ2v) is 5.78. The zero-order valence-corrected chi connectivity index (χ0v) is 13.2. The molecule has 0 bridgehead atoms. The van der Waals surface area contributed by atoms with Gasteiger partial charge in [0, 0.05) is 17.9 Å². The summed E-state index contributed by atoms with van der Waals surface area (Å²) in [6.45, 7) is 0.766. The molecular formula is C15H20BrNO3. The Hall–Kier alpha value is -1.23. The number of alkyl halides is 1. The number of ether oxygens (including phenoxy) is 1. The minimum atomic E-state index is -0.0986. The maximum atomic E-state index is 12.6. The fraction of sp³-hybridized carbons (Fsp3) is 0.533. The van der Waals surface area contributed by atoms with Gasteiger partial charge in [0.2, 0.25) is 0 Å². The molecule has 1 aliphatic heterocycles. The van der Waals surface area contributed by atoms with E-state index in [-0.39, 0.29) is 17.7 Å². The van der Waals surface area contributed by atoms with Crippen LogP contribution in [-0.4, -0.2) is 40.9 Å². The van der Waals surface area contributed by atoms with E-state index in [0.717, 1.165) is 37.6 Å². The summed E-state index contributed by atoms with van der Waals surface area (Å²) in [4.78, 5) is 14.5. The van der Waals surface area contributed by atoms with E-state index in [0.29, 0.717) is 11.3 Å². The summed E-state index contributed by atoms with van der Waals surface area (Å²) in [5.74, 6) is 0.177. The molecule has 1 aromatic carbocycles. The third kappa shape index (κ3) is 3.08. The van der Waals surface area contributed by atoms with Crippen molar-refractivity contribution in [1.82, 2.24) is 4.90 Å². The number of rotatable bonds is 5. The van der Waals surface area contributed by atoms with Gasteiger partial charge in [0.15, 0.2) is 11.5 Å². The average Bonchev–Trinajstić information content (AvgIpc) is 2.93. The molecule has 1 aromatic rings. The molecule has 5 heteroatoms. The van der Waals surface area contributed by atoms with Gasteiger partial charge in [-0.3, -0.25) is 4.79 Å². The predicted octanol–water partition coefficient (Wildman–Crippen LogP) is 3.18. The van der Waals surface area contributed by atoms with E-state index in [1.165, 1.54) is 7.11 Å². The molecule has 0 saturated carbocycles. The van der Waals surface area contributed by atoms with Gasteiger partial charge < -0.3 is 14.7 Å². The quantitative estimate of drug-likeness (QED) is 0.836. The summed E-state index contributed by atoms with van der Waals surface area (Å²) in [7, 11) is 1.48. The topological polar surface area (TPSA) is 49.8 Å². The van der Waals surface area contributed by atoms with Gasteiger partial charge in [0.05, 0.1) is 12.7 Å². The summed E-state index contributed by atoms with van der Waals surface area (Å²) < 4.78 is 5.06. The van der Waals surface area contributed by atoms with Gasteiger partial charge in [-0.2, -0.15) is 0 Å². The SMILES string of the molecule is COc1cccc(C(=O)N2CCCC2CCCBr)c1O. The van der Waals surface area contributed by atoms with Gasteiger partial charge >= 0.3 is 0 Å². The van der Waals surface area contributed by atoms with Gasteiger partial charge in [-0.15, -0.1) is 0 Å². The molecule has 0 radical (unpaired) electrons. The Morgan fingerprint density at radius 1 is 1.55 bits per heavy atom. The second-order valence-electron chi connectivity index (χ2n) is 4.98. The molecule has 1 amide bonds. The van der Waals surface area contributed by atoms with Crippen LogP contribution in [-0.2, 0) is 0 Å². The molecule has 0 aromatic heterocycles. The normalized spacial score (nSPS) is 18.3. The van der Waals surface area contributed by atoms with Gasteiger partial charge in [-0.25, -0.2) is 0 Å². The first kappa shape index (κ1) is 15.2. The molecular weight excluding hydrogens is 322 g/mol. The van der Waals surface area contributed by atoms with Crippen molar-refractivity contribution < 1.29 is 14.6 Å². The number of benzene rings is 1. The Morgan fingerprint density at radius 3 is 3.05 bits per heavy atom. The van der Waals surface area contributed by atoms with Crippen LogP contribution in [0, 0.1) is 0 Å². The summed E-state index contributed by atoms with van der Waals surface area (Å²) in [5, 5.41) is 11.1. The maximum absolute atomic E-state index is 12.6. The molecule has 2 rings (SSSR count). The number of carbonyl (C=O) groups excluding carboxylic acids is 1. The lowest BCUT2D eigenvalue weighted by Gasteiger charge is -2.25. The summed E-state index contributed by atoms with van der Waals surface area (Å²) >= 11 is 3.43. The lowest BCUT2D eigenvalue weighted by molar-refractivity contribution is 0.0726. The molecule has 0 aliphatic carbocycles. The number of hydrogen-bond acceptors (Lipinski definition) is 3. The lowest BCUT2D eigenvalue weighted by Crippen LogP contribution is -2.35. The smallest absolute Gasteiger partial charge is 0.258 e. The highest BCUT2D eigenvalue weighted by molar-refractivity contribution is 9.09. The average molecular weight is 342 g/mol. The Morgan fingerprint density at radius 2 is 2.35 bits per heavy atom. The molecule has 1 N–H and O–H groups in total. The summed E-state index contributed by atoms with van der Waals surface area (Å²) in [5.41, 5.74) is 0.329. The molecule has 0 spiro atoms. The van der Waals surface area contributed by atoms with Crippen LogP contribution < -0.4 is 4.74 Å². The Labute approximate surface area is 127 Å². The highest BCUT2D eigenvalue weighted by Gasteiger charge is 2.30. The monoisotopic (exact) mass is 341 g/mol. The molecule has 20 heavy (non-hydrogen) atoms. The minimum absolute atomic E-state index is 0.0638. The molecule has 110 valence electrons. The first-order valence-corrected chi connectivity index (χ1v) is 8.04. The van der Waals surface area contributed by atoms with E-state index >= 15 is 0 Å². The van der Waals surface area contributed by atoms with Crippen LogP contribution in [0.3, 0.4) is 0 Å². The number of methoxy groups -OCH3 is 1. The Bertz CT molecular complexity index is 478. The Balaban J connectivity index is 2.18. The third-order valence-corrected chi connectivity index (χ3v) is 4.32. The number of halogens is 1. The number of hydrogen-bond donors (Lipinski definition) is 1.